The summed E-state index contributed by atoms with van der Waals surface area (Å²) in [4.78, 5) is 31.8. The zero-order valence-corrected chi connectivity index (χ0v) is 17.1. The second-order valence-electron chi connectivity index (χ2n) is 7.00. The molecule has 0 aliphatic heterocycles. The molecule has 31 heavy (non-hydrogen) atoms. The van der Waals surface area contributed by atoms with Crippen LogP contribution in [0.5, 0.6) is 5.75 Å². The summed E-state index contributed by atoms with van der Waals surface area (Å²) in [5.41, 5.74) is 8.50. The van der Waals surface area contributed by atoms with Gasteiger partial charge in [-0.05, 0) is 50.2 Å². The number of rotatable bonds is 6. The third kappa shape index (κ3) is 4.72. The van der Waals surface area contributed by atoms with Crippen molar-refractivity contribution < 1.29 is 18.8 Å². The number of fused-ring (bicyclic) bond motifs is 1. The molecule has 0 bridgehead atoms. The largest absolute Gasteiger partial charge is 0.489 e. The predicted molar refractivity (Wildman–Crippen MR) is 112 cm³/mol. The maximum atomic E-state index is 12.3. The second-order valence-corrected chi connectivity index (χ2v) is 7.00. The van der Waals surface area contributed by atoms with Crippen molar-refractivity contribution in [3.05, 3.63) is 76.9 Å². The average molecular weight is 419 g/mol. The minimum absolute atomic E-state index is 0.0173. The highest BCUT2D eigenvalue weighted by atomic mass is 16.5. The van der Waals surface area contributed by atoms with Crippen LogP contribution in [0.4, 0.5) is 0 Å². The Morgan fingerprint density at radius 2 is 1.84 bits per heavy atom. The summed E-state index contributed by atoms with van der Waals surface area (Å²) in [7, 11) is 0. The zero-order chi connectivity index (χ0) is 21.8. The van der Waals surface area contributed by atoms with Crippen molar-refractivity contribution in [2.75, 3.05) is 0 Å². The summed E-state index contributed by atoms with van der Waals surface area (Å²) in [6.07, 6.45) is 0.0173. The maximum absolute atomic E-state index is 12.3. The molecular weight excluding hydrogens is 398 g/mol. The van der Waals surface area contributed by atoms with Gasteiger partial charge in [0.25, 0.3) is 5.91 Å². The smallest absolute Gasteiger partial charge is 0.269 e. The summed E-state index contributed by atoms with van der Waals surface area (Å²) in [6, 6.07) is 14.1. The number of nitrogens with one attached hydrogen (secondary N) is 3. The first-order chi connectivity index (χ1) is 15.0. The van der Waals surface area contributed by atoms with Gasteiger partial charge in [0.2, 0.25) is 5.91 Å². The number of nitrogens with zero attached hydrogens (tertiary/aromatic N) is 2. The van der Waals surface area contributed by atoms with Crippen LogP contribution in [-0.2, 0) is 17.8 Å². The van der Waals surface area contributed by atoms with Crippen molar-refractivity contribution >= 4 is 22.8 Å². The Labute approximate surface area is 177 Å². The van der Waals surface area contributed by atoms with Crippen molar-refractivity contribution in [2.45, 2.75) is 26.9 Å². The van der Waals surface area contributed by atoms with Crippen molar-refractivity contribution in [3.8, 4) is 5.75 Å². The number of carbonyl (C=O) groups is 2. The molecule has 2 heterocycles. The lowest BCUT2D eigenvalue weighted by atomic mass is 10.2. The first-order valence-corrected chi connectivity index (χ1v) is 9.67. The predicted octanol–water partition coefficient (Wildman–Crippen LogP) is 2.75. The first-order valence-electron chi connectivity index (χ1n) is 9.67. The van der Waals surface area contributed by atoms with Gasteiger partial charge in [0.05, 0.1) is 28.7 Å². The highest BCUT2D eigenvalue weighted by Crippen LogP contribution is 2.18. The molecule has 0 fully saturated rings. The number of aromatic nitrogens is 3. The number of amides is 2. The molecule has 9 heteroatoms. The van der Waals surface area contributed by atoms with Crippen molar-refractivity contribution in [3.63, 3.8) is 0 Å². The monoisotopic (exact) mass is 419 g/mol. The SMILES string of the molecule is Cc1noc(C)c1COc1ccc(C(=O)NNC(=O)Cc2nc3ccccc3[nH]2)cc1. The van der Waals surface area contributed by atoms with Gasteiger partial charge in [0.15, 0.2) is 0 Å². The molecule has 3 N–H and O–H groups in total. The van der Waals surface area contributed by atoms with Crippen LogP contribution in [0.2, 0.25) is 0 Å². The molecule has 2 aromatic carbocycles. The standard InChI is InChI=1S/C22H21N5O4/c1-13-17(14(2)31-27-13)12-30-16-9-7-15(8-10-16)22(29)26-25-21(28)11-20-23-18-5-3-4-6-19(18)24-20/h3-10H,11-12H2,1-2H3,(H,23,24)(H,25,28)(H,26,29). The number of hydrogen-bond donors (Lipinski definition) is 3. The molecule has 4 rings (SSSR count). The summed E-state index contributed by atoms with van der Waals surface area (Å²) < 4.78 is 10.8. The van der Waals surface area contributed by atoms with E-state index in [1.807, 2.05) is 38.1 Å². The van der Waals surface area contributed by atoms with E-state index in [9.17, 15) is 9.59 Å². The Morgan fingerprint density at radius 3 is 2.55 bits per heavy atom. The number of benzene rings is 2. The Kier molecular flexibility index (Phi) is 5.65. The van der Waals surface area contributed by atoms with Crippen LogP contribution in [0, 0.1) is 13.8 Å². The van der Waals surface area contributed by atoms with Crippen molar-refractivity contribution in [1.82, 2.24) is 26.0 Å². The quantitative estimate of drug-likeness (QED) is 0.413. The molecule has 2 aromatic heterocycles. The van der Waals surface area contributed by atoms with Gasteiger partial charge in [-0.2, -0.15) is 0 Å². The maximum Gasteiger partial charge on any atom is 0.269 e. The van der Waals surface area contributed by atoms with E-state index in [0.717, 1.165) is 22.3 Å². The highest BCUT2D eigenvalue weighted by molar-refractivity contribution is 5.95. The van der Waals surface area contributed by atoms with Crippen LogP contribution >= 0.6 is 0 Å². The van der Waals surface area contributed by atoms with Crippen molar-refractivity contribution in [1.29, 1.82) is 0 Å². The lowest BCUT2D eigenvalue weighted by Gasteiger charge is -2.08. The topological polar surface area (TPSA) is 122 Å². The Hall–Kier alpha value is -4.14. The number of hydrazine groups is 1. The second kappa shape index (κ2) is 8.70. The van der Waals surface area contributed by atoms with Gasteiger partial charge in [-0.3, -0.25) is 20.4 Å². The van der Waals surface area contributed by atoms with E-state index >= 15 is 0 Å². The van der Waals surface area contributed by atoms with Crippen LogP contribution in [0.3, 0.4) is 0 Å². The van der Waals surface area contributed by atoms with Gasteiger partial charge in [-0.15, -0.1) is 0 Å². The third-order valence-electron chi connectivity index (χ3n) is 4.76. The molecule has 0 aliphatic rings. The number of carbonyl (C=O) groups excluding carboxylic acids is 2. The van der Waals surface area contributed by atoms with Crippen LogP contribution in [0.1, 0.15) is 33.2 Å². The number of aryl methyl sites for hydroxylation is 2. The van der Waals surface area contributed by atoms with Gasteiger partial charge in [0, 0.05) is 5.56 Å². The Bertz CT molecular complexity index is 1170. The number of ether oxygens (including phenoxy) is 1. The van der Waals surface area contributed by atoms with E-state index in [0.29, 0.717) is 29.5 Å². The molecule has 0 saturated carbocycles. The summed E-state index contributed by atoms with van der Waals surface area (Å²) in [5, 5.41) is 3.89. The van der Waals surface area contributed by atoms with E-state index < -0.39 is 5.91 Å². The third-order valence-corrected chi connectivity index (χ3v) is 4.76. The van der Waals surface area contributed by atoms with E-state index in [4.69, 9.17) is 9.26 Å². The van der Waals surface area contributed by atoms with Gasteiger partial charge in [-0.25, -0.2) is 4.98 Å². The van der Waals surface area contributed by atoms with E-state index in [-0.39, 0.29) is 12.3 Å². The van der Waals surface area contributed by atoms with Gasteiger partial charge >= 0.3 is 0 Å². The van der Waals surface area contributed by atoms with Gasteiger partial charge in [0.1, 0.15) is 23.9 Å². The summed E-state index contributed by atoms with van der Waals surface area (Å²) >= 11 is 0. The number of aromatic amines is 1. The fourth-order valence-corrected chi connectivity index (χ4v) is 3.05. The first kappa shape index (κ1) is 20.1. The van der Waals surface area contributed by atoms with Gasteiger partial charge < -0.3 is 14.2 Å². The van der Waals surface area contributed by atoms with Crippen LogP contribution < -0.4 is 15.6 Å². The molecule has 4 aromatic rings. The van der Waals surface area contributed by atoms with E-state index in [2.05, 4.69) is 26.0 Å². The minimum Gasteiger partial charge on any atom is -0.489 e. The lowest BCUT2D eigenvalue weighted by Crippen LogP contribution is -2.42. The lowest BCUT2D eigenvalue weighted by molar-refractivity contribution is -0.121. The molecule has 0 atom stereocenters. The summed E-state index contributed by atoms with van der Waals surface area (Å²) in [5.74, 6) is 1.02. The molecule has 9 nitrogen and oxygen atoms in total. The Morgan fingerprint density at radius 1 is 1.06 bits per heavy atom. The number of para-hydroxylation sites is 2. The normalized spacial score (nSPS) is 10.8. The molecule has 0 spiro atoms. The van der Waals surface area contributed by atoms with Crippen LogP contribution in [0.25, 0.3) is 11.0 Å². The van der Waals surface area contributed by atoms with Crippen molar-refractivity contribution in [2.24, 2.45) is 0 Å². The Balaban J connectivity index is 1.27. The fourth-order valence-electron chi connectivity index (χ4n) is 3.05. The molecule has 2 amide bonds. The highest BCUT2D eigenvalue weighted by Gasteiger charge is 2.12. The molecule has 0 radical (unpaired) electrons. The molecule has 0 saturated heterocycles. The van der Waals surface area contributed by atoms with Crippen LogP contribution in [0.15, 0.2) is 53.1 Å². The zero-order valence-electron chi connectivity index (χ0n) is 17.1. The summed E-state index contributed by atoms with van der Waals surface area (Å²) in [6.45, 7) is 4.00. The van der Waals surface area contributed by atoms with Crippen LogP contribution in [-0.4, -0.2) is 26.9 Å². The average Bonchev–Trinajstić information content (AvgIpc) is 3.32. The van der Waals surface area contributed by atoms with Gasteiger partial charge in [-0.1, -0.05) is 17.3 Å². The van der Waals surface area contributed by atoms with E-state index in [1.165, 1.54) is 0 Å². The number of imidazole rings is 1. The molecule has 158 valence electrons. The minimum atomic E-state index is -0.435. The fraction of sp³-hybridized carbons (Fsp3) is 0.182. The molecule has 0 unspecified atom stereocenters. The number of H-pyrrole nitrogens is 1. The van der Waals surface area contributed by atoms with E-state index in [1.54, 1.807) is 24.3 Å². The molecule has 0 aliphatic carbocycles. The number of hydrogen-bond acceptors (Lipinski definition) is 6. The molecular formula is C22H21N5O4.